The highest BCUT2D eigenvalue weighted by Crippen LogP contribution is 2.19. The number of aryl methyl sites for hydroxylation is 2. The molecule has 0 bridgehead atoms. The second kappa shape index (κ2) is 4.88. The molecule has 0 aliphatic carbocycles. The topological polar surface area (TPSA) is 53.6 Å². The van der Waals surface area contributed by atoms with Crippen molar-refractivity contribution in [1.29, 1.82) is 5.26 Å². The number of nitrogens with zero attached hydrogens (tertiary/aromatic N) is 3. The molecule has 1 heterocycles. The van der Waals surface area contributed by atoms with Crippen molar-refractivity contribution in [2.24, 2.45) is 7.05 Å². The number of hydrogen-bond acceptors (Lipinski definition) is 3. The number of benzene rings is 1. The van der Waals surface area contributed by atoms with E-state index in [-0.39, 0.29) is 0 Å². The zero-order valence-corrected chi connectivity index (χ0v) is 10.2. The Morgan fingerprint density at radius 1 is 1.47 bits per heavy atom. The van der Waals surface area contributed by atoms with Crippen LogP contribution in [0.3, 0.4) is 0 Å². The van der Waals surface area contributed by atoms with Crippen LogP contribution in [0, 0.1) is 18.3 Å². The van der Waals surface area contributed by atoms with E-state index in [1.54, 1.807) is 0 Å². The lowest BCUT2D eigenvalue weighted by Gasteiger charge is -2.04. The van der Waals surface area contributed by atoms with E-state index in [0.717, 1.165) is 35.5 Å². The molecule has 0 aliphatic heterocycles. The summed E-state index contributed by atoms with van der Waals surface area (Å²) in [5, 5.41) is 11.7. The van der Waals surface area contributed by atoms with Gasteiger partial charge in [-0.15, -0.1) is 0 Å². The Morgan fingerprint density at radius 3 is 3.06 bits per heavy atom. The van der Waals surface area contributed by atoms with Gasteiger partial charge < -0.3 is 9.88 Å². The summed E-state index contributed by atoms with van der Waals surface area (Å²) in [4.78, 5) is 4.49. The maximum atomic E-state index is 8.45. The van der Waals surface area contributed by atoms with Crippen LogP contribution in [-0.4, -0.2) is 16.1 Å². The Balaban J connectivity index is 2.13. The number of nitriles is 1. The predicted octanol–water partition coefficient (Wildman–Crippen LogP) is 2.60. The number of fused-ring (bicyclic) bond motifs is 1. The van der Waals surface area contributed by atoms with Gasteiger partial charge in [-0.25, -0.2) is 4.98 Å². The summed E-state index contributed by atoms with van der Waals surface area (Å²) in [7, 11) is 2.02. The molecule has 0 amide bonds. The Bertz CT molecular complexity index is 563. The van der Waals surface area contributed by atoms with Gasteiger partial charge in [0.2, 0.25) is 0 Å². The summed E-state index contributed by atoms with van der Waals surface area (Å²) in [5.41, 5.74) is 3.22. The molecule has 0 fully saturated rings. The summed E-state index contributed by atoms with van der Waals surface area (Å²) < 4.78 is 2.08. The third-order valence-electron chi connectivity index (χ3n) is 2.90. The van der Waals surface area contributed by atoms with E-state index in [1.807, 2.05) is 14.0 Å². The number of anilines is 1. The van der Waals surface area contributed by atoms with Crippen LogP contribution in [0.25, 0.3) is 11.0 Å². The van der Waals surface area contributed by atoms with E-state index in [0.29, 0.717) is 6.42 Å². The monoisotopic (exact) mass is 228 g/mol. The molecule has 0 saturated carbocycles. The second-order valence-electron chi connectivity index (χ2n) is 4.11. The summed E-state index contributed by atoms with van der Waals surface area (Å²) in [6.45, 7) is 2.82. The Labute approximate surface area is 101 Å². The molecule has 2 aromatic rings. The first kappa shape index (κ1) is 11.5. The number of aromatic nitrogens is 2. The number of unbranched alkanes of at least 4 members (excludes halogenated alkanes) is 1. The van der Waals surface area contributed by atoms with Crippen molar-refractivity contribution in [1.82, 2.24) is 9.55 Å². The second-order valence-corrected chi connectivity index (χ2v) is 4.11. The van der Waals surface area contributed by atoms with Gasteiger partial charge in [0.25, 0.3) is 0 Å². The quantitative estimate of drug-likeness (QED) is 0.818. The minimum atomic E-state index is 0.595. The van der Waals surface area contributed by atoms with Crippen molar-refractivity contribution < 1.29 is 0 Å². The van der Waals surface area contributed by atoms with Crippen molar-refractivity contribution in [2.45, 2.75) is 19.8 Å². The normalized spacial score (nSPS) is 10.4. The zero-order chi connectivity index (χ0) is 12.3. The Kier molecular flexibility index (Phi) is 3.29. The minimum Gasteiger partial charge on any atom is -0.385 e. The SMILES string of the molecule is Cc1nc2cc(NCCCC#N)ccc2n1C. The van der Waals surface area contributed by atoms with Crippen LogP contribution in [0.4, 0.5) is 5.69 Å². The lowest BCUT2D eigenvalue weighted by atomic mass is 10.2. The van der Waals surface area contributed by atoms with Crippen LogP contribution >= 0.6 is 0 Å². The summed E-state index contributed by atoms with van der Waals surface area (Å²) in [6.07, 6.45) is 1.47. The van der Waals surface area contributed by atoms with Crippen molar-refractivity contribution in [3.05, 3.63) is 24.0 Å². The number of hydrogen-bond donors (Lipinski definition) is 1. The predicted molar refractivity (Wildman–Crippen MR) is 68.8 cm³/mol. The molecule has 1 aromatic carbocycles. The molecule has 4 heteroatoms. The molecule has 17 heavy (non-hydrogen) atoms. The van der Waals surface area contributed by atoms with Gasteiger partial charge in [-0.1, -0.05) is 0 Å². The molecule has 0 aliphatic rings. The van der Waals surface area contributed by atoms with Crippen LogP contribution in [-0.2, 0) is 7.05 Å². The largest absolute Gasteiger partial charge is 0.385 e. The molecule has 0 saturated heterocycles. The molecule has 0 spiro atoms. The first-order valence-corrected chi connectivity index (χ1v) is 5.76. The van der Waals surface area contributed by atoms with Crippen molar-refractivity contribution in [3.8, 4) is 6.07 Å². The summed E-state index contributed by atoms with van der Waals surface area (Å²) in [5.74, 6) is 1.02. The van der Waals surface area contributed by atoms with E-state index in [1.165, 1.54) is 0 Å². The van der Waals surface area contributed by atoms with Crippen LogP contribution in [0.1, 0.15) is 18.7 Å². The number of rotatable bonds is 4. The highest BCUT2D eigenvalue weighted by atomic mass is 15.0. The molecule has 1 aromatic heterocycles. The first-order chi connectivity index (χ1) is 8.22. The fourth-order valence-corrected chi connectivity index (χ4v) is 1.83. The fourth-order valence-electron chi connectivity index (χ4n) is 1.83. The van der Waals surface area contributed by atoms with Crippen LogP contribution < -0.4 is 5.32 Å². The average Bonchev–Trinajstić information content (AvgIpc) is 2.61. The van der Waals surface area contributed by atoms with E-state index in [9.17, 15) is 0 Å². The standard InChI is InChI=1S/C13H16N4/c1-10-16-12-9-11(15-8-4-3-7-14)5-6-13(12)17(10)2/h5-6,9,15H,3-4,8H2,1-2H3. The molecular weight excluding hydrogens is 212 g/mol. The van der Waals surface area contributed by atoms with Crippen molar-refractivity contribution >= 4 is 16.7 Å². The van der Waals surface area contributed by atoms with Crippen LogP contribution in [0.2, 0.25) is 0 Å². The molecular formula is C13H16N4. The van der Waals surface area contributed by atoms with Gasteiger partial charge in [0, 0.05) is 25.7 Å². The lowest BCUT2D eigenvalue weighted by Crippen LogP contribution is -2.00. The van der Waals surface area contributed by atoms with Gasteiger partial charge in [-0.05, 0) is 31.5 Å². The van der Waals surface area contributed by atoms with Gasteiger partial charge in [-0.3, -0.25) is 0 Å². The van der Waals surface area contributed by atoms with Gasteiger partial charge in [0.15, 0.2) is 0 Å². The summed E-state index contributed by atoms with van der Waals surface area (Å²) >= 11 is 0. The Hall–Kier alpha value is -2.02. The van der Waals surface area contributed by atoms with Crippen molar-refractivity contribution in [2.75, 3.05) is 11.9 Å². The van der Waals surface area contributed by atoms with Gasteiger partial charge in [0.1, 0.15) is 5.82 Å². The molecule has 2 rings (SSSR count). The fraction of sp³-hybridized carbons (Fsp3) is 0.385. The molecule has 0 unspecified atom stereocenters. The maximum absolute atomic E-state index is 8.45. The lowest BCUT2D eigenvalue weighted by molar-refractivity contribution is 0.886. The average molecular weight is 228 g/mol. The third-order valence-corrected chi connectivity index (χ3v) is 2.90. The first-order valence-electron chi connectivity index (χ1n) is 5.76. The maximum Gasteiger partial charge on any atom is 0.106 e. The van der Waals surface area contributed by atoms with E-state index in [4.69, 9.17) is 5.26 Å². The van der Waals surface area contributed by atoms with Gasteiger partial charge in [0.05, 0.1) is 17.1 Å². The van der Waals surface area contributed by atoms with Gasteiger partial charge >= 0.3 is 0 Å². The zero-order valence-electron chi connectivity index (χ0n) is 10.2. The molecule has 88 valence electrons. The third kappa shape index (κ3) is 2.39. The smallest absolute Gasteiger partial charge is 0.106 e. The Morgan fingerprint density at radius 2 is 2.29 bits per heavy atom. The van der Waals surface area contributed by atoms with Crippen LogP contribution in [0.5, 0.6) is 0 Å². The highest BCUT2D eigenvalue weighted by molar-refractivity contribution is 5.80. The van der Waals surface area contributed by atoms with E-state index >= 15 is 0 Å². The minimum absolute atomic E-state index is 0.595. The molecule has 1 N–H and O–H groups in total. The summed E-state index contributed by atoms with van der Waals surface area (Å²) in [6, 6.07) is 8.31. The number of nitrogens with one attached hydrogen (secondary N) is 1. The molecule has 4 nitrogen and oxygen atoms in total. The molecule has 0 radical (unpaired) electrons. The van der Waals surface area contributed by atoms with E-state index < -0.39 is 0 Å². The van der Waals surface area contributed by atoms with Gasteiger partial charge in [-0.2, -0.15) is 5.26 Å². The number of imidazole rings is 1. The van der Waals surface area contributed by atoms with Crippen molar-refractivity contribution in [3.63, 3.8) is 0 Å². The molecule has 0 atom stereocenters. The van der Waals surface area contributed by atoms with E-state index in [2.05, 4.69) is 39.1 Å². The van der Waals surface area contributed by atoms with Crippen LogP contribution in [0.15, 0.2) is 18.2 Å². The highest BCUT2D eigenvalue weighted by Gasteiger charge is 2.04.